The topological polar surface area (TPSA) is 84.8 Å². The number of halogens is 1. The number of sulfonamides is 1. The van der Waals surface area contributed by atoms with Gasteiger partial charge in [-0.1, -0.05) is 35.9 Å². The van der Waals surface area contributed by atoms with E-state index in [2.05, 4.69) is 9.71 Å². The Labute approximate surface area is 150 Å². The van der Waals surface area contributed by atoms with Crippen LogP contribution in [0.1, 0.15) is 18.1 Å². The first-order chi connectivity index (χ1) is 11.9. The maximum absolute atomic E-state index is 12.1. The minimum absolute atomic E-state index is 0.0908. The van der Waals surface area contributed by atoms with Gasteiger partial charge < -0.3 is 4.74 Å². The lowest BCUT2D eigenvalue weighted by atomic mass is 10.2. The Morgan fingerprint density at radius 2 is 1.88 bits per heavy atom. The number of rotatable bonds is 4. The Kier molecular flexibility index (Phi) is 4.78. The lowest BCUT2D eigenvalue weighted by Gasteiger charge is -2.09. The molecule has 0 aliphatic carbocycles. The summed E-state index contributed by atoms with van der Waals surface area (Å²) in [4.78, 5) is 16.4. The molecule has 0 aromatic heterocycles. The first-order valence-electron chi connectivity index (χ1n) is 7.48. The largest absolute Gasteiger partial charge is 0.459 e. The zero-order valence-corrected chi connectivity index (χ0v) is 14.8. The van der Waals surface area contributed by atoms with Crippen molar-refractivity contribution in [1.82, 2.24) is 4.72 Å². The lowest BCUT2D eigenvalue weighted by Crippen LogP contribution is -2.26. The molecule has 0 unspecified atom stereocenters. The van der Waals surface area contributed by atoms with Gasteiger partial charge in [0.05, 0.1) is 4.90 Å². The van der Waals surface area contributed by atoms with Gasteiger partial charge in [-0.3, -0.25) is 9.71 Å². The number of benzene rings is 2. The Balaban J connectivity index is 1.71. The Bertz CT molecular complexity index is 939. The van der Waals surface area contributed by atoms with E-state index < -0.39 is 22.0 Å². The smallest absolute Gasteiger partial charge is 0.330 e. The summed E-state index contributed by atoms with van der Waals surface area (Å²) in [6.45, 7) is 1.64. The van der Waals surface area contributed by atoms with Crippen molar-refractivity contribution in [3.8, 4) is 0 Å². The summed E-state index contributed by atoms with van der Waals surface area (Å²) in [6, 6.07) is 12.5. The molecule has 1 atom stereocenters. The summed E-state index contributed by atoms with van der Waals surface area (Å²) in [5.74, 6) is -0.405. The Hall–Kier alpha value is -2.38. The SMILES string of the molecule is C[C@H](N=C1NS(=O)(=O)c2ccccc21)C(=O)OCc1ccc(Cl)cc1. The summed E-state index contributed by atoms with van der Waals surface area (Å²) in [6.07, 6.45) is 0. The van der Waals surface area contributed by atoms with Crippen LogP contribution in [0, 0.1) is 0 Å². The van der Waals surface area contributed by atoms with E-state index in [1.807, 2.05) is 0 Å². The van der Waals surface area contributed by atoms with Crippen molar-refractivity contribution >= 4 is 33.4 Å². The van der Waals surface area contributed by atoms with E-state index in [4.69, 9.17) is 16.3 Å². The van der Waals surface area contributed by atoms with Crippen LogP contribution in [-0.2, 0) is 26.2 Å². The van der Waals surface area contributed by atoms with Gasteiger partial charge in [-0.15, -0.1) is 0 Å². The molecule has 25 heavy (non-hydrogen) atoms. The van der Waals surface area contributed by atoms with Gasteiger partial charge in [0, 0.05) is 10.6 Å². The van der Waals surface area contributed by atoms with E-state index >= 15 is 0 Å². The van der Waals surface area contributed by atoms with E-state index in [-0.39, 0.29) is 17.3 Å². The van der Waals surface area contributed by atoms with Gasteiger partial charge in [-0.05, 0) is 36.8 Å². The van der Waals surface area contributed by atoms with Crippen molar-refractivity contribution in [2.45, 2.75) is 24.5 Å². The zero-order valence-electron chi connectivity index (χ0n) is 13.3. The van der Waals surface area contributed by atoms with Gasteiger partial charge in [0.2, 0.25) is 0 Å². The van der Waals surface area contributed by atoms with Gasteiger partial charge in [0.1, 0.15) is 18.5 Å². The minimum atomic E-state index is -3.63. The number of carbonyl (C=O) groups is 1. The van der Waals surface area contributed by atoms with Gasteiger partial charge in [-0.25, -0.2) is 13.2 Å². The van der Waals surface area contributed by atoms with Crippen LogP contribution < -0.4 is 4.72 Å². The molecule has 1 aliphatic rings. The molecule has 1 aliphatic heterocycles. The molecule has 1 heterocycles. The number of esters is 1. The third-order valence-electron chi connectivity index (χ3n) is 3.62. The van der Waals surface area contributed by atoms with Crippen molar-refractivity contribution in [3.05, 3.63) is 64.7 Å². The molecule has 8 heteroatoms. The van der Waals surface area contributed by atoms with E-state index in [1.54, 1.807) is 49.4 Å². The number of hydrogen-bond acceptors (Lipinski definition) is 5. The highest BCUT2D eigenvalue weighted by Gasteiger charge is 2.31. The Morgan fingerprint density at radius 3 is 2.60 bits per heavy atom. The molecule has 0 bridgehead atoms. The number of nitrogens with one attached hydrogen (secondary N) is 1. The van der Waals surface area contributed by atoms with Crippen LogP contribution in [0.25, 0.3) is 0 Å². The van der Waals surface area contributed by atoms with Crippen LogP contribution in [0.2, 0.25) is 5.02 Å². The number of fused-ring (bicyclic) bond motifs is 1. The highest BCUT2D eigenvalue weighted by molar-refractivity contribution is 7.90. The van der Waals surface area contributed by atoms with Crippen LogP contribution in [0.4, 0.5) is 0 Å². The lowest BCUT2D eigenvalue weighted by molar-refractivity contribution is -0.146. The fourth-order valence-electron chi connectivity index (χ4n) is 2.33. The molecule has 2 aromatic carbocycles. The molecule has 0 spiro atoms. The second-order valence-electron chi connectivity index (χ2n) is 5.49. The molecule has 3 rings (SSSR count). The predicted molar refractivity (Wildman–Crippen MR) is 94.0 cm³/mol. The predicted octanol–water partition coefficient (Wildman–Crippen LogP) is 2.51. The molecule has 2 aromatic rings. The monoisotopic (exact) mass is 378 g/mol. The van der Waals surface area contributed by atoms with Crippen molar-refractivity contribution in [3.63, 3.8) is 0 Å². The van der Waals surface area contributed by atoms with Crippen molar-refractivity contribution < 1.29 is 17.9 Å². The molecule has 1 N–H and O–H groups in total. The van der Waals surface area contributed by atoms with E-state index in [9.17, 15) is 13.2 Å². The molecule has 130 valence electrons. The maximum atomic E-state index is 12.1. The number of hydrogen-bond donors (Lipinski definition) is 1. The second kappa shape index (κ2) is 6.85. The molecular formula is C17H15ClN2O4S. The summed E-state index contributed by atoms with van der Waals surface area (Å²) < 4.78 is 31.6. The standard InChI is InChI=1S/C17H15ClN2O4S/c1-11(17(21)24-10-12-6-8-13(18)9-7-12)19-16-14-4-2-3-5-15(14)25(22,23)20-16/h2-9,11H,10H2,1H3,(H,19,20)/t11-/m0/s1. The first kappa shape index (κ1) is 17.4. The maximum Gasteiger partial charge on any atom is 0.330 e. The van der Waals surface area contributed by atoms with Crippen LogP contribution >= 0.6 is 11.6 Å². The quantitative estimate of drug-likeness (QED) is 0.828. The summed E-state index contributed by atoms with van der Waals surface area (Å²) in [5, 5.41) is 0.599. The number of amidine groups is 1. The summed E-state index contributed by atoms with van der Waals surface area (Å²) >= 11 is 5.80. The normalized spacial score (nSPS) is 17.6. The first-order valence-corrected chi connectivity index (χ1v) is 9.34. The Morgan fingerprint density at radius 1 is 1.20 bits per heavy atom. The van der Waals surface area contributed by atoms with Gasteiger partial charge in [0.25, 0.3) is 10.0 Å². The number of ether oxygens (including phenoxy) is 1. The minimum Gasteiger partial charge on any atom is -0.459 e. The molecular weight excluding hydrogens is 364 g/mol. The number of carbonyl (C=O) groups excluding carboxylic acids is 1. The highest BCUT2D eigenvalue weighted by Crippen LogP contribution is 2.22. The summed E-state index contributed by atoms with van der Waals surface area (Å²) in [5.41, 5.74) is 1.24. The third kappa shape index (κ3) is 3.83. The molecule has 0 fully saturated rings. The van der Waals surface area contributed by atoms with E-state index in [0.717, 1.165) is 5.56 Å². The second-order valence-corrected chi connectivity index (χ2v) is 7.58. The highest BCUT2D eigenvalue weighted by atomic mass is 35.5. The van der Waals surface area contributed by atoms with Gasteiger partial charge >= 0.3 is 5.97 Å². The molecule has 0 amide bonds. The fourth-order valence-corrected chi connectivity index (χ4v) is 3.70. The molecule has 6 nitrogen and oxygen atoms in total. The van der Waals surface area contributed by atoms with E-state index in [0.29, 0.717) is 10.6 Å². The van der Waals surface area contributed by atoms with Crippen molar-refractivity contribution in [1.29, 1.82) is 0 Å². The van der Waals surface area contributed by atoms with Gasteiger partial charge in [0.15, 0.2) is 0 Å². The van der Waals surface area contributed by atoms with Crippen molar-refractivity contribution in [2.24, 2.45) is 4.99 Å². The van der Waals surface area contributed by atoms with Crippen molar-refractivity contribution in [2.75, 3.05) is 0 Å². The molecule has 0 saturated heterocycles. The third-order valence-corrected chi connectivity index (χ3v) is 5.27. The van der Waals surface area contributed by atoms with Crippen LogP contribution in [0.5, 0.6) is 0 Å². The van der Waals surface area contributed by atoms with Crippen LogP contribution in [-0.4, -0.2) is 26.3 Å². The average molecular weight is 379 g/mol. The van der Waals surface area contributed by atoms with Crippen LogP contribution in [0.3, 0.4) is 0 Å². The number of nitrogens with zero attached hydrogens (tertiary/aromatic N) is 1. The van der Waals surface area contributed by atoms with Gasteiger partial charge in [-0.2, -0.15) is 0 Å². The molecule has 0 saturated carbocycles. The fraction of sp³-hybridized carbons (Fsp3) is 0.176. The van der Waals surface area contributed by atoms with E-state index in [1.165, 1.54) is 6.07 Å². The summed E-state index contributed by atoms with van der Waals surface area (Å²) in [7, 11) is -3.63. The van der Waals surface area contributed by atoms with Crippen LogP contribution in [0.15, 0.2) is 58.4 Å². The average Bonchev–Trinajstić information content (AvgIpc) is 2.85. The molecule has 0 radical (unpaired) electrons. The zero-order chi connectivity index (χ0) is 18.0. The number of aliphatic imine (C=N–C) groups is 1.